The van der Waals surface area contributed by atoms with Crippen LogP contribution in [-0.2, 0) is 16.1 Å². The molecular formula is C30H36F2N6O2. The number of carbonyl (C=O) groups excluding carboxylic acids is 1. The first-order valence-corrected chi connectivity index (χ1v) is 14.1. The summed E-state index contributed by atoms with van der Waals surface area (Å²) in [6.45, 7) is 6.39. The first-order valence-electron chi connectivity index (χ1n) is 14.1. The topological polar surface area (TPSA) is 78.8 Å². The van der Waals surface area contributed by atoms with Gasteiger partial charge in [-0.2, -0.15) is 5.10 Å². The number of piperidine rings is 1. The van der Waals surface area contributed by atoms with Gasteiger partial charge in [0, 0.05) is 48.3 Å². The maximum Gasteiger partial charge on any atom is 0.267 e. The van der Waals surface area contributed by atoms with E-state index in [1.807, 2.05) is 6.20 Å². The number of fused-ring (bicyclic) bond motifs is 2. The third kappa shape index (κ3) is 5.10. The molecule has 0 bridgehead atoms. The Bertz CT molecular complexity index is 1540. The Hall–Kier alpha value is -3.37. The lowest BCUT2D eigenvalue weighted by Crippen LogP contribution is -2.43. The Balaban J connectivity index is 1.22. The minimum atomic E-state index is -2.75. The molecule has 5 heterocycles. The molecule has 0 saturated carbocycles. The Labute approximate surface area is 232 Å². The second-order valence-electron chi connectivity index (χ2n) is 11.6. The summed E-state index contributed by atoms with van der Waals surface area (Å²) in [5, 5.41) is 5.60. The molecule has 6 rings (SSSR count). The molecule has 40 heavy (non-hydrogen) atoms. The van der Waals surface area contributed by atoms with Gasteiger partial charge < -0.3 is 14.6 Å². The lowest BCUT2D eigenvalue weighted by Gasteiger charge is -2.32. The number of ether oxygens (including phenoxy) is 1. The van der Waals surface area contributed by atoms with E-state index in [0.717, 1.165) is 53.9 Å². The van der Waals surface area contributed by atoms with Gasteiger partial charge in [0.15, 0.2) is 5.65 Å². The summed E-state index contributed by atoms with van der Waals surface area (Å²) in [7, 11) is 1.68. The van der Waals surface area contributed by atoms with Crippen LogP contribution in [0.1, 0.15) is 61.6 Å². The van der Waals surface area contributed by atoms with Crippen molar-refractivity contribution in [2.75, 3.05) is 39.8 Å². The molecule has 2 saturated heterocycles. The van der Waals surface area contributed by atoms with E-state index in [9.17, 15) is 13.6 Å². The van der Waals surface area contributed by atoms with E-state index in [1.165, 1.54) is 21.4 Å². The van der Waals surface area contributed by atoms with Gasteiger partial charge in [-0.05, 0) is 67.1 Å². The molecule has 0 atom stereocenters. The summed E-state index contributed by atoms with van der Waals surface area (Å²) in [5.41, 5.74) is 7.57. The highest BCUT2D eigenvalue weighted by Gasteiger charge is 2.40. The van der Waals surface area contributed by atoms with Crippen molar-refractivity contribution in [1.29, 1.82) is 0 Å². The number of aromatic nitrogens is 4. The fourth-order valence-electron chi connectivity index (χ4n) is 6.37. The summed E-state index contributed by atoms with van der Waals surface area (Å²) >= 11 is 0. The number of methoxy groups -OCH3 is 1. The van der Waals surface area contributed by atoms with Crippen LogP contribution in [0.5, 0.6) is 0 Å². The summed E-state index contributed by atoms with van der Waals surface area (Å²) < 4.78 is 34.3. The third-order valence-electron chi connectivity index (χ3n) is 8.42. The number of carbonyl (C=O) groups is 1. The lowest BCUT2D eigenvalue weighted by molar-refractivity contribution is -0.133. The van der Waals surface area contributed by atoms with Gasteiger partial charge in [0.2, 0.25) is 5.91 Å². The van der Waals surface area contributed by atoms with Crippen LogP contribution in [0.4, 0.5) is 8.78 Å². The molecule has 4 aromatic rings. The number of rotatable bonds is 7. The van der Waals surface area contributed by atoms with E-state index < -0.39 is 12.5 Å². The largest absolute Gasteiger partial charge is 0.380 e. The first kappa shape index (κ1) is 26.8. The van der Waals surface area contributed by atoms with Crippen molar-refractivity contribution < 1.29 is 18.3 Å². The molecule has 10 heteroatoms. The highest BCUT2D eigenvalue weighted by Crippen LogP contribution is 2.39. The second kappa shape index (κ2) is 10.6. The lowest BCUT2D eigenvalue weighted by atomic mass is 9.87. The van der Waals surface area contributed by atoms with Crippen molar-refractivity contribution in [2.24, 2.45) is 0 Å². The first-order chi connectivity index (χ1) is 19.2. The molecule has 0 aliphatic carbocycles. The average molecular weight is 551 g/mol. The minimum absolute atomic E-state index is 0.152. The maximum atomic E-state index is 13.5. The van der Waals surface area contributed by atoms with Gasteiger partial charge in [-0.1, -0.05) is 19.9 Å². The Morgan fingerprint density at radius 2 is 2.00 bits per heavy atom. The Morgan fingerprint density at radius 3 is 2.70 bits per heavy atom. The van der Waals surface area contributed by atoms with Gasteiger partial charge in [-0.25, -0.2) is 18.3 Å². The summed E-state index contributed by atoms with van der Waals surface area (Å²) in [5.74, 6) is -2.24. The third-order valence-corrected chi connectivity index (χ3v) is 8.42. The number of pyridine rings is 1. The molecule has 0 radical (unpaired) electrons. The van der Waals surface area contributed by atoms with Crippen LogP contribution >= 0.6 is 0 Å². The maximum absolute atomic E-state index is 13.5. The molecule has 0 unspecified atom stereocenters. The zero-order valence-electron chi connectivity index (χ0n) is 23.3. The standard InChI is InChI=1S/C30H36F2N6O2/c1-19(2)27-24-13-21(20-6-9-36(10-7-20)15-26(39)37-11-8-30(31,32)17-37)4-5-25(24)35-28(27)22-12-23(16-40-3)29-33-18-34-38(29)14-22/h4-5,12-14,18-20,35H,6-11,15-17H2,1-3H3. The van der Waals surface area contributed by atoms with Gasteiger partial charge in [0.1, 0.15) is 6.33 Å². The van der Waals surface area contributed by atoms with Gasteiger partial charge in [0.25, 0.3) is 5.92 Å². The van der Waals surface area contributed by atoms with E-state index in [-0.39, 0.29) is 25.4 Å². The highest BCUT2D eigenvalue weighted by molar-refractivity contribution is 5.92. The SMILES string of the molecule is COCc1cc(-c2[nH]c3ccc(C4CCN(CC(=O)N5CCC(F)(F)C5)CC4)cc3c2C(C)C)cn2ncnc12. The highest BCUT2D eigenvalue weighted by atomic mass is 19.3. The molecule has 8 nitrogen and oxygen atoms in total. The summed E-state index contributed by atoms with van der Waals surface area (Å²) in [6.07, 6.45) is 5.22. The number of likely N-dealkylation sites (tertiary alicyclic amines) is 2. The number of nitrogens with zero attached hydrogens (tertiary/aromatic N) is 5. The van der Waals surface area contributed by atoms with E-state index >= 15 is 0 Å². The molecular weight excluding hydrogens is 514 g/mol. The molecule has 3 aromatic heterocycles. The van der Waals surface area contributed by atoms with Crippen molar-refractivity contribution >= 4 is 22.5 Å². The number of amides is 1. The van der Waals surface area contributed by atoms with Crippen LogP contribution in [0.15, 0.2) is 36.8 Å². The van der Waals surface area contributed by atoms with Crippen LogP contribution in [0.2, 0.25) is 0 Å². The molecule has 1 N–H and O–H groups in total. The number of hydrogen-bond acceptors (Lipinski definition) is 5. The zero-order valence-corrected chi connectivity index (χ0v) is 23.3. The van der Waals surface area contributed by atoms with E-state index in [1.54, 1.807) is 18.0 Å². The number of H-pyrrole nitrogens is 1. The predicted octanol–water partition coefficient (Wildman–Crippen LogP) is 5.19. The van der Waals surface area contributed by atoms with Gasteiger partial charge in [0.05, 0.1) is 25.4 Å². The molecule has 1 aromatic carbocycles. The van der Waals surface area contributed by atoms with Crippen LogP contribution in [0.25, 0.3) is 27.8 Å². The molecule has 2 fully saturated rings. The minimum Gasteiger partial charge on any atom is -0.380 e. The van der Waals surface area contributed by atoms with E-state index in [2.05, 4.69) is 58.1 Å². The van der Waals surface area contributed by atoms with Gasteiger partial charge in [-0.3, -0.25) is 9.69 Å². The Kier molecular flexibility index (Phi) is 7.08. The van der Waals surface area contributed by atoms with Crippen LogP contribution in [-0.4, -0.2) is 81.0 Å². The smallest absolute Gasteiger partial charge is 0.267 e. The zero-order chi connectivity index (χ0) is 28.0. The van der Waals surface area contributed by atoms with Crippen molar-refractivity contribution in [3.05, 3.63) is 53.5 Å². The molecule has 212 valence electrons. The van der Waals surface area contributed by atoms with Crippen molar-refractivity contribution in [1.82, 2.24) is 29.4 Å². The monoisotopic (exact) mass is 550 g/mol. The number of alkyl halides is 2. The normalized spacial score (nSPS) is 18.5. The quantitative estimate of drug-likeness (QED) is 0.343. The molecule has 2 aliphatic heterocycles. The van der Waals surface area contributed by atoms with Gasteiger partial charge in [-0.15, -0.1) is 0 Å². The number of nitrogens with one attached hydrogen (secondary N) is 1. The second-order valence-corrected chi connectivity index (χ2v) is 11.6. The average Bonchev–Trinajstić information content (AvgIpc) is 3.65. The number of aromatic amines is 1. The molecule has 2 aliphatic rings. The molecule has 0 spiro atoms. The molecule has 1 amide bonds. The number of benzene rings is 1. The number of hydrogen-bond donors (Lipinski definition) is 1. The Morgan fingerprint density at radius 1 is 1.20 bits per heavy atom. The summed E-state index contributed by atoms with van der Waals surface area (Å²) in [4.78, 5) is 24.1. The predicted molar refractivity (Wildman–Crippen MR) is 150 cm³/mol. The van der Waals surface area contributed by atoms with Gasteiger partial charge >= 0.3 is 0 Å². The van der Waals surface area contributed by atoms with Crippen LogP contribution in [0, 0.1) is 0 Å². The van der Waals surface area contributed by atoms with Crippen molar-refractivity contribution in [3.63, 3.8) is 0 Å². The fraction of sp³-hybridized carbons (Fsp3) is 0.500. The van der Waals surface area contributed by atoms with E-state index in [4.69, 9.17) is 4.74 Å². The van der Waals surface area contributed by atoms with Crippen LogP contribution < -0.4 is 0 Å². The van der Waals surface area contributed by atoms with Crippen molar-refractivity contribution in [3.8, 4) is 11.3 Å². The van der Waals surface area contributed by atoms with E-state index in [0.29, 0.717) is 18.4 Å². The van der Waals surface area contributed by atoms with Crippen LogP contribution in [0.3, 0.4) is 0 Å². The number of halogens is 2. The fourth-order valence-corrected chi connectivity index (χ4v) is 6.37. The summed E-state index contributed by atoms with van der Waals surface area (Å²) in [6, 6.07) is 8.84. The van der Waals surface area contributed by atoms with Crippen molar-refractivity contribution in [2.45, 2.75) is 57.5 Å².